The van der Waals surface area contributed by atoms with Crippen molar-refractivity contribution in [3.8, 4) is 28.4 Å². The number of rotatable bonds is 9. The molecule has 9 nitrogen and oxygen atoms in total. The summed E-state index contributed by atoms with van der Waals surface area (Å²) in [4.78, 5) is 25.8. The first-order valence-corrected chi connectivity index (χ1v) is 13.6. The molecule has 3 aromatic carbocycles. The number of hydrogen-bond donors (Lipinski definition) is 2. The second-order valence-electron chi connectivity index (χ2n) is 8.75. The number of aromatic nitrogens is 2. The van der Waals surface area contributed by atoms with E-state index < -0.39 is 35.8 Å². The van der Waals surface area contributed by atoms with Crippen LogP contribution in [0.5, 0.6) is 5.75 Å². The molecule has 0 atom stereocenters. The van der Waals surface area contributed by atoms with Crippen molar-refractivity contribution >= 4 is 55.0 Å². The van der Waals surface area contributed by atoms with E-state index in [1.807, 2.05) is 0 Å². The molecule has 0 fully saturated rings. The Morgan fingerprint density at radius 2 is 1.23 bits per heavy atom. The highest BCUT2D eigenvalue weighted by Crippen LogP contribution is 2.35. The van der Waals surface area contributed by atoms with Crippen LogP contribution in [0.2, 0.25) is 0 Å². The van der Waals surface area contributed by atoms with Gasteiger partial charge in [-0.1, -0.05) is 66.4 Å². The molecule has 0 aliphatic heterocycles. The zero-order chi connectivity index (χ0) is 30.7. The van der Waals surface area contributed by atoms with Crippen molar-refractivity contribution < 1.29 is 40.9 Å². The van der Waals surface area contributed by atoms with Gasteiger partial charge in [0.25, 0.3) is 11.8 Å². The number of halogens is 6. The fraction of sp³-hybridized carbons (Fsp3) is 0.0714. The van der Waals surface area contributed by atoms with Crippen LogP contribution in [0.4, 0.5) is 28.9 Å². The van der Waals surface area contributed by atoms with Crippen LogP contribution in [0.3, 0.4) is 0 Å². The predicted octanol–water partition coefficient (Wildman–Crippen LogP) is 8.26. The topological polar surface area (TPSA) is 119 Å². The van der Waals surface area contributed by atoms with Gasteiger partial charge >= 0.3 is 12.5 Å². The first-order chi connectivity index (χ1) is 20.5. The number of carbonyl (C=O) groups excluding carboxylic acids is 2. The molecule has 2 heterocycles. The van der Waals surface area contributed by atoms with E-state index in [1.54, 1.807) is 48.5 Å². The van der Waals surface area contributed by atoms with Crippen molar-refractivity contribution in [1.29, 1.82) is 0 Å². The van der Waals surface area contributed by atoms with Gasteiger partial charge in [-0.05, 0) is 42.5 Å². The van der Waals surface area contributed by atoms with E-state index in [0.717, 1.165) is 27.1 Å². The van der Waals surface area contributed by atoms with Crippen LogP contribution in [-0.4, -0.2) is 34.7 Å². The first-order valence-electron chi connectivity index (χ1n) is 12.1. The van der Waals surface area contributed by atoms with Gasteiger partial charge in [-0.2, -0.15) is 17.6 Å². The Hall–Kier alpha value is -4.50. The van der Waals surface area contributed by atoms with Crippen molar-refractivity contribution in [3.63, 3.8) is 0 Å². The lowest BCUT2D eigenvalue weighted by atomic mass is 10.1. The molecule has 0 saturated heterocycles. The van der Waals surface area contributed by atoms with E-state index in [1.165, 1.54) is 12.1 Å². The maximum Gasteiger partial charge on any atom is 0.461 e. The number of alkyl halides is 4. The molecule has 0 bridgehead atoms. The van der Waals surface area contributed by atoms with Gasteiger partial charge in [-0.3, -0.25) is 9.59 Å². The second kappa shape index (κ2) is 12.4. The Balaban J connectivity index is 1.38. The van der Waals surface area contributed by atoms with E-state index >= 15 is 0 Å². The number of carbonyl (C=O) groups is 2. The molecule has 0 unspecified atom stereocenters. The van der Waals surface area contributed by atoms with Crippen molar-refractivity contribution in [3.05, 3.63) is 99.2 Å². The zero-order valence-corrected chi connectivity index (χ0v) is 24.5. The van der Waals surface area contributed by atoms with Gasteiger partial charge in [-0.15, -0.1) is 0 Å². The molecule has 0 aliphatic carbocycles. The van der Waals surface area contributed by atoms with Gasteiger partial charge in [-0.25, -0.2) is 0 Å². The highest BCUT2D eigenvalue weighted by molar-refractivity contribution is 9.10. The molecule has 0 saturated carbocycles. The zero-order valence-electron chi connectivity index (χ0n) is 21.3. The van der Waals surface area contributed by atoms with Crippen LogP contribution >= 0.6 is 31.9 Å². The summed E-state index contributed by atoms with van der Waals surface area (Å²) in [5.41, 5.74) is 0.399. The summed E-state index contributed by atoms with van der Waals surface area (Å²) < 4.78 is 69.6. The van der Waals surface area contributed by atoms with Gasteiger partial charge in [0.2, 0.25) is 0 Å². The van der Waals surface area contributed by atoms with Crippen molar-refractivity contribution in [2.75, 3.05) is 10.6 Å². The molecule has 0 radical (unpaired) electrons. The molecular weight excluding hydrogens is 708 g/mol. The lowest BCUT2D eigenvalue weighted by molar-refractivity contribution is -0.252. The molecule has 5 rings (SSSR count). The molecule has 15 heteroatoms. The molecule has 0 spiro atoms. The largest absolute Gasteiger partial charge is 0.461 e. The number of hydrogen-bond acceptors (Lipinski definition) is 7. The van der Waals surface area contributed by atoms with Crippen molar-refractivity contribution in [2.45, 2.75) is 12.5 Å². The molecule has 0 aliphatic rings. The smallest absolute Gasteiger partial charge is 0.426 e. The normalized spacial score (nSPS) is 11.4. The van der Waals surface area contributed by atoms with E-state index in [0.29, 0.717) is 16.9 Å². The third-order valence-electron chi connectivity index (χ3n) is 5.73. The molecule has 2 aromatic heterocycles. The van der Waals surface area contributed by atoms with E-state index in [-0.39, 0.29) is 22.8 Å². The van der Waals surface area contributed by atoms with Crippen molar-refractivity contribution in [2.24, 2.45) is 0 Å². The summed E-state index contributed by atoms with van der Waals surface area (Å²) in [6.07, 6.45) is -9.04. The molecule has 220 valence electrons. The van der Waals surface area contributed by atoms with Gasteiger partial charge in [0.05, 0.1) is 5.69 Å². The second-order valence-corrected chi connectivity index (χ2v) is 10.6. The lowest BCUT2D eigenvalue weighted by Crippen LogP contribution is -2.33. The summed E-state index contributed by atoms with van der Waals surface area (Å²) >= 11 is 6.63. The van der Waals surface area contributed by atoms with E-state index in [9.17, 15) is 27.2 Å². The highest BCUT2D eigenvalue weighted by Gasteiger charge is 2.44. The van der Waals surface area contributed by atoms with Crippen LogP contribution in [0.15, 0.2) is 96.9 Å². The van der Waals surface area contributed by atoms with Gasteiger partial charge in [0, 0.05) is 37.9 Å². The average Bonchev–Trinajstić information content (AvgIpc) is 3.66. The molecular formula is C28H16Br2F4N4O5. The number of amides is 2. The summed E-state index contributed by atoms with van der Waals surface area (Å²) in [5.74, 6) is -1.94. The fourth-order valence-corrected chi connectivity index (χ4v) is 4.16. The minimum Gasteiger partial charge on any atom is -0.426 e. The molecule has 5 aromatic rings. The summed E-state index contributed by atoms with van der Waals surface area (Å²) in [5, 5.41) is 12.2. The highest BCUT2D eigenvalue weighted by atomic mass is 79.9. The third kappa shape index (κ3) is 7.11. The predicted molar refractivity (Wildman–Crippen MR) is 153 cm³/mol. The summed E-state index contributed by atoms with van der Waals surface area (Å²) in [6, 6.07) is 19.6. The molecule has 43 heavy (non-hydrogen) atoms. The first kappa shape index (κ1) is 30.0. The monoisotopic (exact) mass is 722 g/mol. The fourth-order valence-electron chi connectivity index (χ4n) is 3.63. The van der Waals surface area contributed by atoms with Crippen LogP contribution < -0.4 is 15.4 Å². The minimum absolute atomic E-state index is 0.0168. The van der Waals surface area contributed by atoms with Crippen LogP contribution in [-0.2, 0) is 0 Å². The van der Waals surface area contributed by atoms with Crippen molar-refractivity contribution in [1.82, 2.24) is 10.3 Å². The maximum absolute atomic E-state index is 13.8. The number of nitrogens with one attached hydrogen (secondary N) is 2. The van der Waals surface area contributed by atoms with Gasteiger partial charge in [0.15, 0.2) is 22.9 Å². The van der Waals surface area contributed by atoms with Crippen LogP contribution in [0, 0.1) is 0 Å². The Bertz CT molecular complexity index is 1780. The molecule has 2 N–H and O–H groups in total. The van der Waals surface area contributed by atoms with E-state index in [2.05, 4.69) is 57.5 Å². The quantitative estimate of drug-likeness (QED) is 0.147. The number of benzene rings is 3. The Labute approximate surface area is 256 Å². The number of nitrogens with zero attached hydrogens (tertiary/aromatic N) is 2. The maximum atomic E-state index is 13.8. The molecule has 2 amide bonds. The minimum atomic E-state index is -4.88. The Morgan fingerprint density at radius 3 is 1.72 bits per heavy atom. The lowest BCUT2D eigenvalue weighted by Gasteiger charge is -2.20. The SMILES string of the molecule is O=C(Nc1ccc(OC(F)(F)C(F)F)c(NC(=O)c2cc(-c3ccc(Br)cc3)on2)c1)c1cc(-c2ccc(Br)cc2)on1. The standard InChI is InChI=1S/C28H16Br2F4N4O5/c29-16-5-1-14(2-6-16)23-12-20(37-42-23)25(39)35-18-9-10-22(41-28(33,34)27(31)32)19(11-18)36-26(40)21-13-24(43-38-21)15-3-7-17(30)8-4-15/h1-13,27H,(H,35,39)(H,36,40). The van der Waals surface area contributed by atoms with Gasteiger partial charge in [0.1, 0.15) is 5.75 Å². The summed E-state index contributed by atoms with van der Waals surface area (Å²) in [6.45, 7) is 0. The number of ether oxygens (including phenoxy) is 1. The van der Waals surface area contributed by atoms with Crippen LogP contribution in [0.25, 0.3) is 22.6 Å². The summed E-state index contributed by atoms with van der Waals surface area (Å²) in [7, 11) is 0. The third-order valence-corrected chi connectivity index (χ3v) is 6.79. The van der Waals surface area contributed by atoms with Gasteiger partial charge < -0.3 is 24.4 Å². The average molecular weight is 724 g/mol. The number of anilines is 2. The Morgan fingerprint density at radius 1 is 0.744 bits per heavy atom. The van der Waals surface area contributed by atoms with E-state index in [4.69, 9.17) is 9.05 Å². The van der Waals surface area contributed by atoms with Crippen LogP contribution in [0.1, 0.15) is 21.0 Å². The Kier molecular flexibility index (Phi) is 8.64.